The first-order valence-corrected chi connectivity index (χ1v) is 12.2. The Morgan fingerprint density at radius 3 is 2.41 bits per heavy atom. The fourth-order valence-electron chi connectivity index (χ4n) is 3.62. The highest BCUT2D eigenvalue weighted by atomic mass is 32.1. The zero-order valence-corrected chi connectivity index (χ0v) is 20.3. The maximum Gasteiger partial charge on any atom is 0.269 e. The number of nitrogens with zero attached hydrogens (tertiary/aromatic N) is 4. The predicted octanol–water partition coefficient (Wildman–Crippen LogP) is 3.39. The molecule has 0 aliphatic carbocycles. The third kappa shape index (κ3) is 6.23. The predicted molar refractivity (Wildman–Crippen MR) is 137 cm³/mol. The van der Waals surface area contributed by atoms with E-state index in [1.54, 1.807) is 0 Å². The molecule has 7 heteroatoms. The van der Waals surface area contributed by atoms with Gasteiger partial charge in [0.2, 0.25) is 0 Å². The lowest BCUT2D eigenvalue weighted by Gasteiger charge is -2.23. The molecule has 2 aromatic carbocycles. The van der Waals surface area contributed by atoms with Gasteiger partial charge in [0.25, 0.3) is 5.56 Å². The van der Waals surface area contributed by atoms with Gasteiger partial charge in [0.15, 0.2) is 5.57 Å². The van der Waals surface area contributed by atoms with Crippen LogP contribution in [0.3, 0.4) is 0 Å². The smallest absolute Gasteiger partial charge is 0.269 e. The number of hydrogen-bond acceptors (Lipinski definition) is 6. The molecular weight excluding hydrogens is 444 g/mol. The first-order chi connectivity index (χ1) is 16.6. The largest absolute Gasteiger partial charge is 0.382 e. The third-order valence-electron chi connectivity index (χ3n) is 5.37. The highest BCUT2D eigenvalue weighted by Gasteiger charge is 2.10. The van der Waals surface area contributed by atoms with Crippen molar-refractivity contribution in [3.8, 4) is 12.1 Å². The maximum absolute atomic E-state index is 13.1. The first kappa shape index (κ1) is 25.0. The fraction of sp³-hybridized carbons (Fsp3) is 0.296. The van der Waals surface area contributed by atoms with Crippen LogP contribution in [0.4, 0.5) is 5.69 Å². The van der Waals surface area contributed by atoms with Crippen LogP contribution in [0, 0.1) is 22.7 Å². The molecule has 1 aromatic heterocycles. The third-order valence-corrected chi connectivity index (χ3v) is 6.50. The molecule has 0 N–H and O–H groups in total. The van der Waals surface area contributed by atoms with Gasteiger partial charge in [0.1, 0.15) is 16.8 Å². The molecular formula is C27H28N4O2S. The van der Waals surface area contributed by atoms with Crippen molar-refractivity contribution in [3.63, 3.8) is 0 Å². The van der Waals surface area contributed by atoms with Gasteiger partial charge in [-0.2, -0.15) is 10.5 Å². The Morgan fingerprint density at radius 1 is 1.09 bits per heavy atom. The van der Waals surface area contributed by atoms with E-state index in [2.05, 4.69) is 36.1 Å². The number of thiazole rings is 1. The van der Waals surface area contributed by atoms with Crippen molar-refractivity contribution in [2.75, 3.05) is 24.7 Å². The van der Waals surface area contributed by atoms with E-state index < -0.39 is 0 Å². The number of hydrogen-bond donors (Lipinski definition) is 0. The van der Waals surface area contributed by atoms with Crippen molar-refractivity contribution in [2.45, 2.75) is 33.4 Å². The Labute approximate surface area is 203 Å². The van der Waals surface area contributed by atoms with Crippen molar-refractivity contribution in [1.82, 2.24) is 4.57 Å². The van der Waals surface area contributed by atoms with E-state index in [4.69, 9.17) is 4.74 Å². The van der Waals surface area contributed by atoms with Crippen molar-refractivity contribution >= 4 is 28.7 Å². The summed E-state index contributed by atoms with van der Waals surface area (Å²) in [5.41, 5.74) is 3.00. The van der Waals surface area contributed by atoms with E-state index >= 15 is 0 Å². The second-order valence-electron chi connectivity index (χ2n) is 7.61. The monoisotopic (exact) mass is 472 g/mol. The van der Waals surface area contributed by atoms with Crippen LogP contribution in [0.15, 0.2) is 59.4 Å². The summed E-state index contributed by atoms with van der Waals surface area (Å²) in [5.74, 6) is 0. The number of benzene rings is 2. The Balaban J connectivity index is 1.92. The van der Waals surface area contributed by atoms with Crippen molar-refractivity contribution < 1.29 is 4.74 Å². The van der Waals surface area contributed by atoms with Crippen LogP contribution in [0.1, 0.15) is 31.4 Å². The minimum atomic E-state index is -0.192. The van der Waals surface area contributed by atoms with Crippen LogP contribution in [-0.4, -0.2) is 24.3 Å². The second-order valence-corrected chi connectivity index (χ2v) is 8.64. The summed E-state index contributed by atoms with van der Waals surface area (Å²) in [6, 6.07) is 22.2. The van der Waals surface area contributed by atoms with Crippen LogP contribution in [0.25, 0.3) is 11.6 Å². The van der Waals surface area contributed by atoms with Gasteiger partial charge in [-0.1, -0.05) is 42.5 Å². The number of nitriles is 2. The van der Waals surface area contributed by atoms with Crippen LogP contribution in [0.5, 0.6) is 0 Å². The molecule has 1 heterocycles. The quantitative estimate of drug-likeness (QED) is 0.423. The second kappa shape index (κ2) is 12.6. The fourth-order valence-corrected chi connectivity index (χ4v) is 4.70. The molecule has 0 saturated heterocycles. The topological polar surface area (TPSA) is 82.1 Å². The molecule has 0 saturated carbocycles. The average Bonchev–Trinajstić information content (AvgIpc) is 3.17. The zero-order chi connectivity index (χ0) is 24.3. The summed E-state index contributed by atoms with van der Waals surface area (Å²) in [7, 11) is 0. The molecule has 0 radical (unpaired) electrons. The normalized spacial score (nSPS) is 11.1. The summed E-state index contributed by atoms with van der Waals surface area (Å²) in [6.07, 6.45) is 2.45. The molecule has 0 fully saturated rings. The van der Waals surface area contributed by atoms with Gasteiger partial charge in [-0.05, 0) is 49.6 Å². The molecule has 0 bridgehead atoms. The van der Waals surface area contributed by atoms with Crippen molar-refractivity contribution in [1.29, 1.82) is 10.5 Å². The summed E-state index contributed by atoms with van der Waals surface area (Å²) >= 11 is 1.18. The molecule has 0 atom stereocenters. The molecule has 0 unspecified atom stereocenters. The standard InChI is InChI=1S/C27H28N4O2S/c1-3-30(20-22-9-6-5-7-10-22)24-13-11-21(12-14-24)17-25-26(32)31(15-8-16-33-4-2)27(34-25)23(18-28)19-29/h5-7,9-14,17H,3-4,8,15-16,20H2,1-2H3/b25-17+. The molecule has 3 aromatic rings. The van der Waals surface area contributed by atoms with Gasteiger partial charge >= 0.3 is 0 Å². The molecule has 6 nitrogen and oxygen atoms in total. The summed E-state index contributed by atoms with van der Waals surface area (Å²) < 4.78 is 7.78. The summed E-state index contributed by atoms with van der Waals surface area (Å²) in [5, 5.41) is 18.7. The van der Waals surface area contributed by atoms with E-state index in [1.165, 1.54) is 21.5 Å². The van der Waals surface area contributed by atoms with Gasteiger partial charge in [-0.15, -0.1) is 11.3 Å². The van der Waals surface area contributed by atoms with E-state index in [1.807, 2.05) is 55.5 Å². The Bertz CT molecular complexity index is 1330. The van der Waals surface area contributed by atoms with Gasteiger partial charge in [0.05, 0.1) is 4.53 Å². The van der Waals surface area contributed by atoms with Crippen LogP contribution < -0.4 is 19.7 Å². The molecule has 174 valence electrons. The molecule has 0 aliphatic heterocycles. The number of ether oxygens (including phenoxy) is 1. The zero-order valence-electron chi connectivity index (χ0n) is 19.5. The molecule has 0 amide bonds. The van der Waals surface area contributed by atoms with Crippen LogP contribution in [0.2, 0.25) is 0 Å². The SMILES string of the molecule is CCOCCCn1c(=C(C#N)C#N)s/c(=C/c2ccc(N(CC)Cc3ccccc3)cc2)c1=O. The average molecular weight is 473 g/mol. The number of anilines is 1. The van der Waals surface area contributed by atoms with Gasteiger partial charge in [-0.3, -0.25) is 9.36 Å². The number of aromatic nitrogens is 1. The van der Waals surface area contributed by atoms with Gasteiger partial charge in [0, 0.05) is 38.5 Å². The highest BCUT2D eigenvalue weighted by molar-refractivity contribution is 7.07. The summed E-state index contributed by atoms with van der Waals surface area (Å²) in [4.78, 5) is 15.4. The molecule has 34 heavy (non-hydrogen) atoms. The number of rotatable bonds is 10. The first-order valence-electron chi connectivity index (χ1n) is 11.3. The van der Waals surface area contributed by atoms with E-state index in [0.717, 1.165) is 24.3 Å². The lowest BCUT2D eigenvalue weighted by molar-refractivity contribution is 0.141. The molecule has 0 spiro atoms. The van der Waals surface area contributed by atoms with Crippen LogP contribution in [-0.2, 0) is 17.8 Å². The lowest BCUT2D eigenvalue weighted by Crippen LogP contribution is -2.32. The van der Waals surface area contributed by atoms with Gasteiger partial charge in [-0.25, -0.2) is 0 Å². The van der Waals surface area contributed by atoms with E-state index in [-0.39, 0.29) is 11.1 Å². The van der Waals surface area contributed by atoms with Crippen molar-refractivity contribution in [3.05, 3.63) is 85.3 Å². The van der Waals surface area contributed by atoms with Gasteiger partial charge < -0.3 is 9.64 Å². The minimum absolute atomic E-state index is 0.0481. The molecule has 3 rings (SSSR count). The minimum Gasteiger partial charge on any atom is -0.382 e. The summed E-state index contributed by atoms with van der Waals surface area (Å²) in [6.45, 7) is 7.26. The van der Waals surface area contributed by atoms with Crippen molar-refractivity contribution in [2.24, 2.45) is 0 Å². The maximum atomic E-state index is 13.1. The Hall–Kier alpha value is -3.65. The lowest BCUT2D eigenvalue weighted by atomic mass is 10.1. The highest BCUT2D eigenvalue weighted by Crippen LogP contribution is 2.18. The van der Waals surface area contributed by atoms with Crippen LogP contribution >= 0.6 is 11.3 Å². The van der Waals surface area contributed by atoms with E-state index in [9.17, 15) is 15.3 Å². The molecule has 0 aliphatic rings. The Morgan fingerprint density at radius 2 is 1.79 bits per heavy atom. The van der Waals surface area contributed by atoms with E-state index in [0.29, 0.717) is 35.4 Å². The Kier molecular flexibility index (Phi) is 9.22.